The maximum Gasteiger partial charge on any atom is 0.191 e. The van der Waals surface area contributed by atoms with Crippen molar-refractivity contribution in [3.8, 4) is 5.75 Å². The summed E-state index contributed by atoms with van der Waals surface area (Å²) in [6.45, 7) is 2.50. The normalized spacial score (nSPS) is 16.1. The number of benzene rings is 1. The highest BCUT2D eigenvalue weighted by Gasteiger charge is 2.25. The number of ether oxygens (including phenoxy) is 1. The highest BCUT2D eigenvalue weighted by atomic mass is 19.1. The van der Waals surface area contributed by atoms with Gasteiger partial charge in [-0.2, -0.15) is 0 Å². The highest BCUT2D eigenvalue weighted by Crippen LogP contribution is 2.20. The fraction of sp³-hybridized carbons (Fsp3) is 0.292. The Morgan fingerprint density at radius 3 is 2.72 bits per heavy atom. The Labute approximate surface area is 187 Å². The van der Waals surface area contributed by atoms with Crippen LogP contribution in [0.1, 0.15) is 17.7 Å². The maximum absolute atomic E-state index is 14.0. The van der Waals surface area contributed by atoms with Gasteiger partial charge >= 0.3 is 0 Å². The number of pyridine rings is 2. The van der Waals surface area contributed by atoms with Crippen LogP contribution in [-0.4, -0.2) is 42.1 Å². The summed E-state index contributed by atoms with van der Waals surface area (Å²) in [7, 11) is 1.75. The van der Waals surface area contributed by atoms with Crippen molar-refractivity contribution in [3.05, 3.63) is 84.1 Å². The number of rotatable bonds is 7. The van der Waals surface area contributed by atoms with Gasteiger partial charge in [0, 0.05) is 45.1 Å². The van der Waals surface area contributed by atoms with Gasteiger partial charge in [0.1, 0.15) is 12.4 Å². The predicted molar refractivity (Wildman–Crippen MR) is 123 cm³/mol. The molecule has 1 atom stereocenters. The van der Waals surface area contributed by atoms with E-state index in [4.69, 9.17) is 4.74 Å². The molecule has 1 aliphatic rings. The van der Waals surface area contributed by atoms with E-state index in [0.29, 0.717) is 31.5 Å². The highest BCUT2D eigenvalue weighted by molar-refractivity contribution is 5.80. The number of halogens is 1. The van der Waals surface area contributed by atoms with Gasteiger partial charge in [-0.05, 0) is 48.4 Å². The Kier molecular flexibility index (Phi) is 7.12. The van der Waals surface area contributed by atoms with E-state index >= 15 is 0 Å². The average molecular weight is 435 g/mol. The fourth-order valence-corrected chi connectivity index (χ4v) is 3.60. The van der Waals surface area contributed by atoms with E-state index in [2.05, 4.69) is 25.6 Å². The van der Waals surface area contributed by atoms with Crippen LogP contribution in [0.5, 0.6) is 5.75 Å². The molecule has 2 aromatic heterocycles. The first-order chi connectivity index (χ1) is 15.7. The quantitative estimate of drug-likeness (QED) is 0.440. The summed E-state index contributed by atoms with van der Waals surface area (Å²) < 4.78 is 19.8. The van der Waals surface area contributed by atoms with Crippen LogP contribution in [0.2, 0.25) is 0 Å². The molecule has 166 valence electrons. The Balaban J connectivity index is 1.23. The molecule has 1 aliphatic heterocycles. The molecule has 1 aromatic carbocycles. The zero-order valence-corrected chi connectivity index (χ0v) is 18.0. The fourth-order valence-electron chi connectivity index (χ4n) is 3.60. The molecule has 1 saturated heterocycles. The van der Waals surface area contributed by atoms with Crippen LogP contribution in [0.3, 0.4) is 0 Å². The lowest BCUT2D eigenvalue weighted by molar-refractivity contribution is 0.301. The van der Waals surface area contributed by atoms with E-state index in [-0.39, 0.29) is 11.9 Å². The van der Waals surface area contributed by atoms with Gasteiger partial charge in [0.2, 0.25) is 0 Å². The van der Waals surface area contributed by atoms with Crippen LogP contribution in [0.15, 0.2) is 72.0 Å². The van der Waals surface area contributed by atoms with Gasteiger partial charge < -0.3 is 20.3 Å². The minimum Gasteiger partial charge on any atom is -0.487 e. The van der Waals surface area contributed by atoms with E-state index in [1.54, 1.807) is 25.5 Å². The second-order valence-corrected chi connectivity index (χ2v) is 7.56. The largest absolute Gasteiger partial charge is 0.487 e. The molecular weight excluding hydrogens is 407 g/mol. The Bertz CT molecular complexity index is 1030. The molecule has 32 heavy (non-hydrogen) atoms. The maximum atomic E-state index is 14.0. The molecule has 1 unspecified atom stereocenters. The number of hydrogen-bond acceptors (Lipinski definition) is 5. The Morgan fingerprint density at radius 1 is 1.12 bits per heavy atom. The molecule has 1 fully saturated rings. The van der Waals surface area contributed by atoms with Crippen LogP contribution in [0.4, 0.5) is 10.2 Å². The van der Waals surface area contributed by atoms with Crippen molar-refractivity contribution in [3.63, 3.8) is 0 Å². The minimum atomic E-state index is -0.289. The summed E-state index contributed by atoms with van der Waals surface area (Å²) >= 11 is 0. The summed E-state index contributed by atoms with van der Waals surface area (Å²) in [5, 5.41) is 6.76. The third kappa shape index (κ3) is 5.72. The van der Waals surface area contributed by atoms with E-state index in [1.165, 1.54) is 6.07 Å². The molecule has 3 aromatic rings. The molecule has 0 radical (unpaired) electrons. The van der Waals surface area contributed by atoms with Gasteiger partial charge in [-0.1, -0.05) is 18.2 Å². The Hall–Kier alpha value is -3.68. The molecule has 0 aliphatic carbocycles. The first-order valence-electron chi connectivity index (χ1n) is 10.7. The van der Waals surface area contributed by atoms with Crippen molar-refractivity contribution in [2.75, 3.05) is 25.0 Å². The molecule has 4 rings (SSSR count). The van der Waals surface area contributed by atoms with E-state index in [1.807, 2.05) is 47.4 Å². The standard InChI is InChI=1S/C24H27FN6O/c1-26-24(30-19-11-14-31(16-19)23-22(25)6-4-13-28-23)29-15-18-7-9-21(10-8-18)32-17-20-5-2-3-12-27-20/h2-10,12-13,19H,11,14-17H2,1H3,(H2,26,29,30). The first kappa shape index (κ1) is 21.5. The number of guanidine groups is 1. The Morgan fingerprint density at radius 2 is 1.97 bits per heavy atom. The zero-order valence-electron chi connectivity index (χ0n) is 18.0. The van der Waals surface area contributed by atoms with Crippen molar-refractivity contribution < 1.29 is 9.13 Å². The van der Waals surface area contributed by atoms with Crippen molar-refractivity contribution in [1.82, 2.24) is 20.6 Å². The van der Waals surface area contributed by atoms with Crippen LogP contribution in [0, 0.1) is 5.82 Å². The molecule has 8 heteroatoms. The molecule has 0 bridgehead atoms. The van der Waals surface area contributed by atoms with E-state index in [9.17, 15) is 4.39 Å². The van der Waals surface area contributed by atoms with Gasteiger partial charge in [-0.15, -0.1) is 0 Å². The van der Waals surface area contributed by atoms with Crippen LogP contribution >= 0.6 is 0 Å². The lowest BCUT2D eigenvalue weighted by atomic mass is 10.2. The topological polar surface area (TPSA) is 74.7 Å². The number of anilines is 1. The van der Waals surface area contributed by atoms with Crippen LogP contribution < -0.4 is 20.3 Å². The molecular formula is C24H27FN6O. The van der Waals surface area contributed by atoms with Crippen molar-refractivity contribution in [2.24, 2.45) is 4.99 Å². The third-order valence-corrected chi connectivity index (χ3v) is 5.29. The SMILES string of the molecule is CN=C(NCc1ccc(OCc2ccccn2)cc1)NC1CCN(c2ncccc2F)C1. The lowest BCUT2D eigenvalue weighted by Crippen LogP contribution is -2.44. The van der Waals surface area contributed by atoms with Crippen molar-refractivity contribution >= 4 is 11.8 Å². The van der Waals surface area contributed by atoms with Crippen molar-refractivity contribution in [1.29, 1.82) is 0 Å². The third-order valence-electron chi connectivity index (χ3n) is 5.29. The number of nitrogens with zero attached hydrogens (tertiary/aromatic N) is 4. The molecule has 0 amide bonds. The monoisotopic (exact) mass is 434 g/mol. The van der Waals surface area contributed by atoms with Gasteiger partial charge in [0.25, 0.3) is 0 Å². The summed E-state index contributed by atoms with van der Waals surface area (Å²) in [6.07, 6.45) is 4.27. The van der Waals surface area contributed by atoms with Gasteiger partial charge in [-0.3, -0.25) is 9.98 Å². The summed E-state index contributed by atoms with van der Waals surface area (Å²) in [5.41, 5.74) is 2.01. The number of aromatic nitrogens is 2. The smallest absolute Gasteiger partial charge is 0.191 e. The molecule has 3 heterocycles. The first-order valence-corrected chi connectivity index (χ1v) is 10.7. The minimum absolute atomic E-state index is 0.171. The molecule has 7 nitrogen and oxygen atoms in total. The van der Waals surface area contributed by atoms with Gasteiger partial charge in [0.05, 0.1) is 5.69 Å². The number of aliphatic imine (C=N–C) groups is 1. The van der Waals surface area contributed by atoms with Gasteiger partial charge in [0.15, 0.2) is 17.6 Å². The zero-order chi connectivity index (χ0) is 22.2. The number of nitrogens with one attached hydrogen (secondary N) is 2. The van der Waals surface area contributed by atoms with Crippen LogP contribution in [0.25, 0.3) is 0 Å². The predicted octanol–water partition coefficient (Wildman–Crippen LogP) is 3.14. The van der Waals surface area contributed by atoms with E-state index < -0.39 is 0 Å². The number of hydrogen-bond donors (Lipinski definition) is 2. The second kappa shape index (κ2) is 10.6. The summed E-state index contributed by atoms with van der Waals surface area (Å²) in [5.74, 6) is 1.64. The average Bonchev–Trinajstić information content (AvgIpc) is 3.30. The van der Waals surface area contributed by atoms with Crippen molar-refractivity contribution in [2.45, 2.75) is 25.6 Å². The molecule has 0 saturated carbocycles. The molecule has 0 spiro atoms. The molecule has 2 N–H and O–H groups in total. The lowest BCUT2D eigenvalue weighted by Gasteiger charge is -2.20. The summed E-state index contributed by atoms with van der Waals surface area (Å²) in [4.78, 5) is 14.7. The second-order valence-electron chi connectivity index (χ2n) is 7.56. The van der Waals surface area contributed by atoms with Gasteiger partial charge in [-0.25, -0.2) is 9.37 Å². The van der Waals surface area contributed by atoms with Crippen LogP contribution in [-0.2, 0) is 13.2 Å². The van der Waals surface area contributed by atoms with E-state index in [0.717, 1.165) is 30.0 Å². The summed E-state index contributed by atoms with van der Waals surface area (Å²) in [6, 6.07) is 16.9.